The molecule has 1 fully saturated rings. The third kappa shape index (κ3) is 3.07. The highest BCUT2D eigenvalue weighted by Crippen LogP contribution is 2.48. The van der Waals surface area contributed by atoms with Crippen LogP contribution in [-0.2, 0) is 0 Å². The van der Waals surface area contributed by atoms with Gasteiger partial charge in [0.2, 0.25) is 0 Å². The molecule has 6 rings (SSSR count). The van der Waals surface area contributed by atoms with Crippen molar-refractivity contribution >= 4 is 39.9 Å². The van der Waals surface area contributed by atoms with Crippen LogP contribution in [0, 0.1) is 0 Å². The van der Waals surface area contributed by atoms with Crippen LogP contribution in [0.2, 0.25) is 5.02 Å². The summed E-state index contributed by atoms with van der Waals surface area (Å²) < 4.78 is 10.8. The number of pyridine rings is 1. The number of hydrogen-bond donors (Lipinski definition) is 3. The summed E-state index contributed by atoms with van der Waals surface area (Å²) in [6.07, 6.45) is 5.29. The molecule has 1 saturated carbocycles. The Kier molecular flexibility index (Phi) is 4.80. The van der Waals surface area contributed by atoms with Gasteiger partial charge in [0.05, 0.1) is 48.1 Å². The number of rotatable bonds is 5. The average Bonchev–Trinajstić information content (AvgIpc) is 3.19. The normalized spacial score (nSPS) is 18.5. The van der Waals surface area contributed by atoms with Gasteiger partial charge >= 0.3 is 6.01 Å². The zero-order valence-corrected chi connectivity index (χ0v) is 19.2. The molecule has 3 N–H and O–H groups in total. The van der Waals surface area contributed by atoms with Crippen LogP contribution in [0.15, 0.2) is 36.7 Å². The van der Waals surface area contributed by atoms with Crippen molar-refractivity contribution in [3.8, 4) is 23.0 Å². The molecule has 2 atom stereocenters. The number of benzene rings is 1. The first kappa shape index (κ1) is 20.7. The monoisotopic (exact) mass is 476 g/mol. The van der Waals surface area contributed by atoms with Gasteiger partial charge in [-0.05, 0) is 31.0 Å². The molecule has 4 heterocycles. The number of fused-ring (bicyclic) bond motifs is 4. The molecule has 1 aromatic carbocycles. The molecule has 0 saturated heterocycles. The van der Waals surface area contributed by atoms with Crippen molar-refractivity contribution in [2.24, 2.45) is 0 Å². The van der Waals surface area contributed by atoms with E-state index in [1.165, 1.54) is 7.11 Å². The van der Waals surface area contributed by atoms with Gasteiger partial charge in [0.1, 0.15) is 11.0 Å². The molecule has 0 bridgehead atoms. The van der Waals surface area contributed by atoms with Crippen LogP contribution in [0.4, 0.5) is 11.4 Å². The fourth-order valence-electron chi connectivity index (χ4n) is 4.79. The van der Waals surface area contributed by atoms with Crippen LogP contribution in [0.3, 0.4) is 0 Å². The van der Waals surface area contributed by atoms with Crippen LogP contribution in [0.25, 0.3) is 22.3 Å². The van der Waals surface area contributed by atoms with Crippen LogP contribution in [-0.4, -0.2) is 46.1 Å². The lowest BCUT2D eigenvalue weighted by Gasteiger charge is -2.40. The van der Waals surface area contributed by atoms with Crippen molar-refractivity contribution in [3.05, 3.63) is 52.9 Å². The zero-order chi connectivity index (χ0) is 23.4. The Morgan fingerprint density at radius 1 is 1.15 bits per heavy atom. The first-order valence-electron chi connectivity index (χ1n) is 10.9. The van der Waals surface area contributed by atoms with Crippen molar-refractivity contribution in [3.63, 3.8) is 0 Å². The molecule has 2 aliphatic rings. The number of aromatic amines is 1. The molecule has 4 aromatic rings. The second kappa shape index (κ2) is 7.88. The lowest BCUT2D eigenvalue weighted by molar-refractivity contribution is 0.0878. The minimum Gasteiger partial charge on any atom is -0.493 e. The van der Waals surface area contributed by atoms with Gasteiger partial charge in [-0.25, -0.2) is 4.98 Å². The third-order valence-electron chi connectivity index (χ3n) is 6.56. The first-order valence-corrected chi connectivity index (χ1v) is 11.3. The van der Waals surface area contributed by atoms with Crippen LogP contribution in [0.5, 0.6) is 11.8 Å². The predicted octanol–water partition coefficient (Wildman–Crippen LogP) is 4.42. The topological polar surface area (TPSA) is 114 Å². The summed E-state index contributed by atoms with van der Waals surface area (Å²) in [5.41, 5.74) is 5.50. The Balaban J connectivity index is 1.60. The predicted molar refractivity (Wildman–Crippen MR) is 128 cm³/mol. The number of para-hydroxylation sites is 1. The number of H-pyrrole nitrogens is 1. The van der Waals surface area contributed by atoms with Crippen molar-refractivity contribution in [1.29, 1.82) is 0 Å². The summed E-state index contributed by atoms with van der Waals surface area (Å²) in [5, 5.41) is 7.04. The fraction of sp³-hybridized carbons (Fsp3) is 0.250. The molecule has 10 heteroatoms. The maximum absolute atomic E-state index is 13.2. The second-order valence-electron chi connectivity index (χ2n) is 8.32. The number of carbonyl (C=O) groups excluding carboxylic acids is 1. The van der Waals surface area contributed by atoms with E-state index in [1.807, 2.05) is 18.2 Å². The fourth-order valence-corrected chi connectivity index (χ4v) is 5.04. The van der Waals surface area contributed by atoms with Crippen molar-refractivity contribution in [2.45, 2.75) is 24.8 Å². The van der Waals surface area contributed by atoms with Crippen LogP contribution < -0.4 is 20.1 Å². The van der Waals surface area contributed by atoms with E-state index in [9.17, 15) is 4.79 Å². The summed E-state index contributed by atoms with van der Waals surface area (Å²) in [6, 6.07) is 7.69. The van der Waals surface area contributed by atoms with E-state index in [-0.39, 0.29) is 23.9 Å². The molecular formula is C24H21ClN6O3. The highest BCUT2D eigenvalue weighted by atomic mass is 35.5. The number of nitrogens with zero attached hydrogens (tertiary/aromatic N) is 3. The van der Waals surface area contributed by atoms with Gasteiger partial charge in [0, 0.05) is 29.4 Å². The van der Waals surface area contributed by atoms with Crippen molar-refractivity contribution in [2.75, 3.05) is 19.5 Å². The first-order chi connectivity index (χ1) is 16.6. The molecule has 1 aliphatic carbocycles. The van der Waals surface area contributed by atoms with Crippen molar-refractivity contribution in [1.82, 2.24) is 25.3 Å². The van der Waals surface area contributed by atoms with Crippen LogP contribution in [0.1, 0.15) is 34.8 Å². The Bertz CT molecular complexity index is 1450. The zero-order valence-electron chi connectivity index (χ0n) is 18.5. The third-order valence-corrected chi connectivity index (χ3v) is 6.86. The van der Waals surface area contributed by atoms with Gasteiger partial charge in [-0.2, -0.15) is 4.98 Å². The lowest BCUT2D eigenvalue weighted by atomic mass is 9.74. The van der Waals surface area contributed by atoms with Gasteiger partial charge in [0.25, 0.3) is 5.91 Å². The highest BCUT2D eigenvalue weighted by molar-refractivity contribution is 6.32. The van der Waals surface area contributed by atoms with Gasteiger partial charge in [0.15, 0.2) is 5.75 Å². The lowest BCUT2D eigenvalue weighted by Crippen LogP contribution is -2.49. The number of anilines is 2. The van der Waals surface area contributed by atoms with Gasteiger partial charge in [-0.3, -0.25) is 9.78 Å². The summed E-state index contributed by atoms with van der Waals surface area (Å²) in [6.45, 7) is 0. The largest absolute Gasteiger partial charge is 0.493 e. The number of ether oxygens (including phenoxy) is 2. The summed E-state index contributed by atoms with van der Waals surface area (Å²) in [7, 11) is 3.08. The smallest absolute Gasteiger partial charge is 0.316 e. The molecule has 34 heavy (non-hydrogen) atoms. The second-order valence-corrected chi connectivity index (χ2v) is 8.73. The number of nitrogens with one attached hydrogen (secondary N) is 3. The van der Waals surface area contributed by atoms with Crippen LogP contribution >= 0.6 is 11.6 Å². The Morgan fingerprint density at radius 3 is 2.79 bits per heavy atom. The number of carbonyl (C=O) groups is 1. The molecule has 3 aromatic heterocycles. The molecule has 9 nitrogen and oxygen atoms in total. The van der Waals surface area contributed by atoms with E-state index >= 15 is 0 Å². The summed E-state index contributed by atoms with van der Waals surface area (Å²) in [5.74, 6) is 0.611. The average molecular weight is 477 g/mol. The van der Waals surface area contributed by atoms with Crippen molar-refractivity contribution < 1.29 is 14.3 Å². The van der Waals surface area contributed by atoms with Gasteiger partial charge in [-0.1, -0.05) is 17.7 Å². The number of halogens is 1. The van der Waals surface area contributed by atoms with Gasteiger partial charge in [-0.15, -0.1) is 0 Å². The molecule has 1 aliphatic heterocycles. The van der Waals surface area contributed by atoms with E-state index < -0.39 is 0 Å². The Hall–Kier alpha value is -3.85. The Labute approximate surface area is 199 Å². The quantitative estimate of drug-likeness (QED) is 0.390. The highest BCUT2D eigenvalue weighted by Gasteiger charge is 2.43. The summed E-state index contributed by atoms with van der Waals surface area (Å²) >= 11 is 6.37. The molecule has 172 valence electrons. The van der Waals surface area contributed by atoms with Gasteiger partial charge < -0.3 is 25.1 Å². The molecule has 0 spiro atoms. The van der Waals surface area contributed by atoms with E-state index in [0.717, 1.165) is 29.8 Å². The summed E-state index contributed by atoms with van der Waals surface area (Å²) in [4.78, 5) is 29.9. The number of methoxy groups -OCH3 is 2. The molecular weight excluding hydrogens is 456 g/mol. The Morgan fingerprint density at radius 2 is 2.03 bits per heavy atom. The van der Waals surface area contributed by atoms with E-state index in [1.54, 1.807) is 25.6 Å². The number of aromatic nitrogens is 4. The molecule has 0 radical (unpaired) electrons. The maximum atomic E-state index is 13.2. The number of hydrogen-bond acceptors (Lipinski definition) is 7. The number of amides is 1. The standard InChI is InChI=1S/C24H21ClN6O3/c1-33-22-13(25)4-3-5-15(22)28-21-17-19(11-6-7-14(11)29-23(17)32)30-20(21)12-8-9-26-16-10-27-24(34-2)31-18(12)16/h3-5,8-11,14,28,30H,6-7H2,1-2H3,(H,29,32)/t11-,14+/m0/s1. The SMILES string of the molecule is COc1ncc2nccc(-c3[nH]c4c(c3Nc3cccc(Cl)c3OC)C(=O)N[C@@H]3CC[C@H]43)c2n1. The minimum atomic E-state index is -0.118. The van der Waals surface area contributed by atoms with E-state index in [2.05, 4.69) is 30.6 Å². The minimum absolute atomic E-state index is 0.118. The van der Waals surface area contributed by atoms with E-state index in [4.69, 9.17) is 21.1 Å². The molecule has 1 amide bonds. The maximum Gasteiger partial charge on any atom is 0.316 e. The molecule has 0 unspecified atom stereocenters. The van der Waals surface area contributed by atoms with E-state index in [0.29, 0.717) is 38.7 Å².